The van der Waals surface area contributed by atoms with Crippen molar-refractivity contribution < 1.29 is 19.4 Å². The Morgan fingerprint density at radius 2 is 2.09 bits per heavy atom. The van der Waals surface area contributed by atoms with Gasteiger partial charge in [0.05, 0.1) is 19.8 Å². The molecule has 0 rings (SSSR count). The fourth-order valence-electron chi connectivity index (χ4n) is 0.295. The van der Waals surface area contributed by atoms with Gasteiger partial charge < -0.3 is 14.6 Å². The van der Waals surface area contributed by atoms with E-state index in [9.17, 15) is 4.79 Å². The van der Waals surface area contributed by atoms with E-state index in [0.29, 0.717) is 13.2 Å². The molecule has 68 valence electrons. The van der Waals surface area contributed by atoms with Crippen LogP contribution in [0.15, 0.2) is 0 Å². The maximum Gasteiger partial charge on any atom is 0.302 e. The molecule has 0 aromatic carbocycles. The highest BCUT2D eigenvalue weighted by Gasteiger charge is 1.81. The third kappa shape index (κ3) is 26.6. The van der Waals surface area contributed by atoms with Crippen LogP contribution in [0.2, 0.25) is 0 Å². The molecule has 0 fully saturated rings. The number of carbonyl (C=O) groups is 1. The van der Waals surface area contributed by atoms with Gasteiger partial charge in [0.25, 0.3) is 0 Å². The van der Waals surface area contributed by atoms with Crippen molar-refractivity contribution in [2.75, 3.05) is 26.9 Å². The second-order valence-corrected chi connectivity index (χ2v) is 1.64. The van der Waals surface area contributed by atoms with E-state index < -0.39 is 0 Å². The molecular formula is C7H16O4. The van der Waals surface area contributed by atoms with E-state index in [1.807, 2.05) is 0 Å². The Labute approximate surface area is 67.1 Å². The third-order valence-corrected chi connectivity index (χ3v) is 0.643. The van der Waals surface area contributed by atoms with Crippen LogP contribution in [0, 0.1) is 0 Å². The van der Waals surface area contributed by atoms with Gasteiger partial charge in [0.15, 0.2) is 0 Å². The lowest BCUT2D eigenvalue weighted by Gasteiger charge is -1.89. The first kappa shape index (κ1) is 13.0. The van der Waals surface area contributed by atoms with Gasteiger partial charge in [-0.3, -0.25) is 4.79 Å². The molecule has 4 heteroatoms. The van der Waals surface area contributed by atoms with Crippen LogP contribution < -0.4 is 0 Å². The fourth-order valence-corrected chi connectivity index (χ4v) is 0.295. The summed E-state index contributed by atoms with van der Waals surface area (Å²) in [4.78, 5) is 9.82. The number of esters is 1. The van der Waals surface area contributed by atoms with Gasteiger partial charge >= 0.3 is 5.97 Å². The van der Waals surface area contributed by atoms with Gasteiger partial charge in [0, 0.05) is 14.0 Å². The van der Waals surface area contributed by atoms with Crippen molar-refractivity contribution in [1.82, 2.24) is 0 Å². The van der Waals surface area contributed by atoms with Gasteiger partial charge in [-0.2, -0.15) is 0 Å². The van der Waals surface area contributed by atoms with E-state index in [2.05, 4.69) is 9.47 Å². The Bertz CT molecular complexity index is 80.5. The van der Waals surface area contributed by atoms with Crippen molar-refractivity contribution in [1.29, 1.82) is 0 Å². The predicted molar refractivity (Wildman–Crippen MR) is 41.3 cm³/mol. The van der Waals surface area contributed by atoms with Crippen molar-refractivity contribution >= 4 is 5.97 Å². The molecule has 0 atom stereocenters. The quantitative estimate of drug-likeness (QED) is 0.605. The molecule has 0 aliphatic rings. The zero-order chi connectivity index (χ0) is 9.11. The Morgan fingerprint density at radius 3 is 2.09 bits per heavy atom. The maximum absolute atomic E-state index is 9.82. The van der Waals surface area contributed by atoms with Gasteiger partial charge in [-0.15, -0.1) is 0 Å². The van der Waals surface area contributed by atoms with Gasteiger partial charge in [0.2, 0.25) is 0 Å². The molecule has 0 aromatic heterocycles. The number of ether oxygens (including phenoxy) is 2. The summed E-state index contributed by atoms with van der Waals surface area (Å²) in [6.45, 7) is 4.22. The van der Waals surface area contributed by atoms with Crippen LogP contribution in [0.4, 0.5) is 0 Å². The molecule has 0 spiro atoms. The zero-order valence-corrected chi connectivity index (χ0v) is 7.29. The molecule has 11 heavy (non-hydrogen) atoms. The minimum absolute atomic E-state index is 0.122. The number of methoxy groups -OCH3 is 1. The molecule has 0 saturated heterocycles. The van der Waals surface area contributed by atoms with Crippen LogP contribution in [-0.4, -0.2) is 38.0 Å². The average Bonchev–Trinajstić information content (AvgIpc) is 1.90. The molecule has 0 bridgehead atoms. The molecular weight excluding hydrogens is 148 g/mol. The van der Waals surface area contributed by atoms with Crippen LogP contribution in [0.1, 0.15) is 13.8 Å². The Morgan fingerprint density at radius 1 is 1.55 bits per heavy atom. The molecule has 0 aromatic rings. The number of hydrogen-bond acceptors (Lipinski definition) is 4. The Kier molecular flexibility index (Phi) is 14.3. The standard InChI is InChI=1S/C4H8O2.C3H8O2/c1-3-6-4(2)5;1-5-3-2-4/h3H2,1-2H3;4H,2-3H2,1H3. The number of carbonyl (C=O) groups excluding carboxylic acids is 1. The van der Waals surface area contributed by atoms with Crippen molar-refractivity contribution in [2.24, 2.45) is 0 Å². The molecule has 0 saturated carbocycles. The van der Waals surface area contributed by atoms with E-state index in [-0.39, 0.29) is 12.6 Å². The van der Waals surface area contributed by atoms with Gasteiger partial charge in [0.1, 0.15) is 0 Å². The van der Waals surface area contributed by atoms with Crippen molar-refractivity contribution in [3.8, 4) is 0 Å². The monoisotopic (exact) mass is 164 g/mol. The number of aliphatic hydroxyl groups excluding tert-OH is 1. The van der Waals surface area contributed by atoms with E-state index in [1.54, 1.807) is 14.0 Å². The summed E-state index contributed by atoms with van der Waals surface area (Å²) in [7, 11) is 1.55. The highest BCUT2D eigenvalue weighted by molar-refractivity contribution is 5.65. The highest BCUT2D eigenvalue weighted by Crippen LogP contribution is 1.69. The van der Waals surface area contributed by atoms with Crippen LogP contribution >= 0.6 is 0 Å². The third-order valence-electron chi connectivity index (χ3n) is 0.643. The van der Waals surface area contributed by atoms with E-state index >= 15 is 0 Å². The lowest BCUT2D eigenvalue weighted by molar-refractivity contribution is -0.140. The second-order valence-electron chi connectivity index (χ2n) is 1.64. The largest absolute Gasteiger partial charge is 0.466 e. The lowest BCUT2D eigenvalue weighted by atomic mass is 10.8. The minimum Gasteiger partial charge on any atom is -0.466 e. The fraction of sp³-hybridized carbons (Fsp3) is 0.857. The zero-order valence-electron chi connectivity index (χ0n) is 7.29. The summed E-state index contributed by atoms with van der Waals surface area (Å²) >= 11 is 0. The van der Waals surface area contributed by atoms with Crippen molar-refractivity contribution in [2.45, 2.75) is 13.8 Å². The summed E-state index contributed by atoms with van der Waals surface area (Å²) in [5, 5.41) is 7.94. The minimum atomic E-state index is -0.211. The predicted octanol–water partition coefficient (Wildman–Crippen LogP) is 0.194. The molecule has 0 aliphatic heterocycles. The molecule has 0 aliphatic carbocycles. The Hall–Kier alpha value is -0.610. The maximum atomic E-state index is 9.82. The van der Waals surface area contributed by atoms with Gasteiger partial charge in [-0.1, -0.05) is 0 Å². The van der Waals surface area contributed by atoms with Crippen LogP contribution in [-0.2, 0) is 14.3 Å². The lowest BCUT2D eigenvalue weighted by Crippen LogP contribution is -1.95. The van der Waals surface area contributed by atoms with E-state index in [1.165, 1.54) is 6.92 Å². The van der Waals surface area contributed by atoms with E-state index in [4.69, 9.17) is 5.11 Å². The van der Waals surface area contributed by atoms with Crippen molar-refractivity contribution in [3.05, 3.63) is 0 Å². The number of rotatable bonds is 3. The average molecular weight is 164 g/mol. The summed E-state index contributed by atoms with van der Waals surface area (Å²) in [5.74, 6) is -0.211. The molecule has 0 heterocycles. The first-order valence-electron chi connectivity index (χ1n) is 3.42. The second kappa shape index (κ2) is 12.1. The molecule has 1 N–H and O–H groups in total. The van der Waals surface area contributed by atoms with Crippen LogP contribution in [0.25, 0.3) is 0 Å². The molecule has 4 nitrogen and oxygen atoms in total. The first-order chi connectivity index (χ1) is 5.18. The number of aliphatic hydroxyl groups is 1. The highest BCUT2D eigenvalue weighted by atomic mass is 16.5. The molecule has 0 amide bonds. The SMILES string of the molecule is CCOC(C)=O.COCCO. The Balaban J connectivity index is 0. The van der Waals surface area contributed by atoms with Crippen LogP contribution in [0.3, 0.4) is 0 Å². The van der Waals surface area contributed by atoms with Gasteiger partial charge in [-0.05, 0) is 6.92 Å². The normalized spacial score (nSPS) is 8.00. The summed E-state index contributed by atoms with van der Waals surface area (Å²) < 4.78 is 8.84. The first-order valence-corrected chi connectivity index (χ1v) is 3.42. The number of hydrogen-bond donors (Lipinski definition) is 1. The summed E-state index contributed by atoms with van der Waals surface area (Å²) in [6, 6.07) is 0. The molecule has 0 unspecified atom stereocenters. The van der Waals surface area contributed by atoms with Crippen molar-refractivity contribution in [3.63, 3.8) is 0 Å². The summed E-state index contributed by atoms with van der Waals surface area (Å²) in [6.07, 6.45) is 0. The smallest absolute Gasteiger partial charge is 0.302 e. The summed E-state index contributed by atoms with van der Waals surface area (Å²) in [5.41, 5.74) is 0. The van der Waals surface area contributed by atoms with Gasteiger partial charge in [-0.25, -0.2) is 0 Å². The van der Waals surface area contributed by atoms with Crippen LogP contribution in [0.5, 0.6) is 0 Å². The van der Waals surface area contributed by atoms with E-state index in [0.717, 1.165) is 0 Å². The topological polar surface area (TPSA) is 55.8 Å². The molecule has 0 radical (unpaired) electrons.